The Bertz CT molecular complexity index is 938. The van der Waals surface area contributed by atoms with E-state index in [0.29, 0.717) is 4.67 Å². The Morgan fingerprint density at radius 2 is 1.67 bits per heavy atom. The van der Waals surface area contributed by atoms with E-state index in [1.54, 1.807) is 0 Å². The van der Waals surface area contributed by atoms with Gasteiger partial charge in [0.25, 0.3) is 0 Å². The van der Waals surface area contributed by atoms with E-state index in [4.69, 9.17) is 14.6 Å². The number of fused-ring (bicyclic) bond motifs is 3. The van der Waals surface area contributed by atoms with Gasteiger partial charge >= 0.3 is 0 Å². The molecule has 2 aromatic carbocycles. The fourth-order valence-electron chi connectivity index (χ4n) is 2.60. The number of halogens is 1. The van der Waals surface area contributed by atoms with Crippen molar-refractivity contribution in [2.75, 3.05) is 0 Å². The summed E-state index contributed by atoms with van der Waals surface area (Å²) in [5.41, 5.74) is 9.04. The fourth-order valence-corrected chi connectivity index (χ4v) is 2.92. The van der Waals surface area contributed by atoms with Crippen LogP contribution in [0.1, 0.15) is 17.4 Å². The molecule has 104 valence electrons. The van der Waals surface area contributed by atoms with Crippen molar-refractivity contribution in [2.45, 2.75) is 6.04 Å². The summed E-state index contributed by atoms with van der Waals surface area (Å²) in [6.45, 7) is 0. The van der Waals surface area contributed by atoms with Gasteiger partial charge in [-0.05, 0) is 51.8 Å². The zero-order valence-corrected chi connectivity index (χ0v) is 12.6. The van der Waals surface area contributed by atoms with Crippen LogP contribution in [0.5, 0.6) is 0 Å². The second-order valence-electron chi connectivity index (χ2n) is 4.97. The Morgan fingerprint density at radius 1 is 0.857 bits per heavy atom. The van der Waals surface area contributed by atoms with Gasteiger partial charge in [0, 0.05) is 10.8 Å². The molecule has 1 unspecified atom stereocenters. The summed E-state index contributed by atoms with van der Waals surface area (Å²) >= 11 is 3.30. The van der Waals surface area contributed by atoms with Gasteiger partial charge in [-0.25, -0.2) is 0 Å². The second-order valence-corrected chi connectivity index (χ2v) is 5.75. The van der Waals surface area contributed by atoms with E-state index in [1.807, 2.05) is 42.5 Å². The summed E-state index contributed by atoms with van der Waals surface area (Å²) in [4.78, 5) is 0. The second kappa shape index (κ2) is 4.76. The highest BCUT2D eigenvalue weighted by atomic mass is 79.9. The van der Waals surface area contributed by atoms with Crippen LogP contribution in [-0.4, -0.2) is 0 Å². The molecule has 0 saturated heterocycles. The minimum atomic E-state index is -0.297. The number of para-hydroxylation sites is 1. The van der Waals surface area contributed by atoms with Gasteiger partial charge in [0.15, 0.2) is 4.67 Å². The lowest BCUT2D eigenvalue weighted by molar-refractivity contribution is 0.470. The van der Waals surface area contributed by atoms with E-state index in [0.717, 1.165) is 33.3 Å². The van der Waals surface area contributed by atoms with Crippen LogP contribution in [0.3, 0.4) is 0 Å². The maximum absolute atomic E-state index is 6.29. The predicted molar refractivity (Wildman–Crippen MR) is 86.2 cm³/mol. The van der Waals surface area contributed by atoms with E-state index in [2.05, 4.69) is 28.1 Å². The molecule has 4 heteroatoms. The highest BCUT2D eigenvalue weighted by Crippen LogP contribution is 2.32. The molecule has 0 radical (unpaired) electrons. The quantitative estimate of drug-likeness (QED) is 0.558. The molecule has 0 aliphatic carbocycles. The maximum Gasteiger partial charge on any atom is 0.169 e. The maximum atomic E-state index is 6.29. The van der Waals surface area contributed by atoms with Crippen LogP contribution in [-0.2, 0) is 0 Å². The van der Waals surface area contributed by atoms with E-state index in [9.17, 15) is 0 Å². The smallest absolute Gasteiger partial charge is 0.169 e. The van der Waals surface area contributed by atoms with Crippen molar-refractivity contribution in [2.24, 2.45) is 5.73 Å². The lowest BCUT2D eigenvalue weighted by Crippen LogP contribution is -2.10. The molecule has 2 N–H and O–H groups in total. The highest BCUT2D eigenvalue weighted by Gasteiger charge is 2.15. The van der Waals surface area contributed by atoms with Crippen LogP contribution in [0.25, 0.3) is 21.9 Å². The van der Waals surface area contributed by atoms with Gasteiger partial charge in [-0.15, -0.1) is 0 Å². The monoisotopic (exact) mass is 341 g/mol. The van der Waals surface area contributed by atoms with Crippen molar-refractivity contribution in [1.82, 2.24) is 0 Å². The first-order valence-electron chi connectivity index (χ1n) is 6.64. The first-order chi connectivity index (χ1) is 10.2. The summed E-state index contributed by atoms with van der Waals surface area (Å²) in [6, 6.07) is 17.4. The molecule has 3 nitrogen and oxygen atoms in total. The number of hydrogen-bond acceptors (Lipinski definition) is 3. The Morgan fingerprint density at radius 3 is 2.48 bits per heavy atom. The molecular weight excluding hydrogens is 330 g/mol. The van der Waals surface area contributed by atoms with Crippen LogP contribution >= 0.6 is 15.9 Å². The topological polar surface area (TPSA) is 52.3 Å². The first-order valence-corrected chi connectivity index (χ1v) is 7.44. The minimum Gasteiger partial charge on any atom is -0.456 e. The largest absolute Gasteiger partial charge is 0.456 e. The van der Waals surface area contributed by atoms with E-state index >= 15 is 0 Å². The molecule has 0 aliphatic heterocycles. The highest BCUT2D eigenvalue weighted by molar-refractivity contribution is 9.10. The molecule has 2 heterocycles. The van der Waals surface area contributed by atoms with Crippen LogP contribution in [0, 0.1) is 0 Å². The third kappa shape index (κ3) is 2.07. The van der Waals surface area contributed by atoms with Gasteiger partial charge in [0.2, 0.25) is 0 Å². The van der Waals surface area contributed by atoms with Crippen LogP contribution < -0.4 is 5.73 Å². The molecule has 0 spiro atoms. The summed E-state index contributed by atoms with van der Waals surface area (Å²) in [7, 11) is 0. The van der Waals surface area contributed by atoms with Crippen LogP contribution in [0.15, 0.2) is 68.1 Å². The van der Waals surface area contributed by atoms with Crippen molar-refractivity contribution in [3.05, 3.63) is 70.6 Å². The summed E-state index contributed by atoms with van der Waals surface area (Å²) in [5.74, 6) is 0.731. The Labute approximate surface area is 129 Å². The van der Waals surface area contributed by atoms with Crippen molar-refractivity contribution in [3.8, 4) is 0 Å². The van der Waals surface area contributed by atoms with Gasteiger partial charge in [-0.3, -0.25) is 0 Å². The lowest BCUT2D eigenvalue weighted by Gasteiger charge is -2.09. The molecule has 4 rings (SSSR count). The van der Waals surface area contributed by atoms with Gasteiger partial charge in [-0.1, -0.05) is 24.3 Å². The summed E-state index contributed by atoms with van der Waals surface area (Å²) in [6.07, 6.45) is 0. The van der Waals surface area contributed by atoms with Gasteiger partial charge in [-0.2, -0.15) is 0 Å². The number of benzene rings is 2. The fraction of sp³-hybridized carbons (Fsp3) is 0.0588. The summed E-state index contributed by atoms with van der Waals surface area (Å²) < 4.78 is 12.1. The van der Waals surface area contributed by atoms with Crippen molar-refractivity contribution in [3.63, 3.8) is 0 Å². The Hall–Kier alpha value is -2.04. The standard InChI is InChI=1S/C17H12BrNO2/c18-16-8-7-15(21-16)17(19)10-5-6-14-12(9-10)11-3-1-2-4-13(11)20-14/h1-9,17H,19H2. The van der Waals surface area contributed by atoms with Gasteiger partial charge in [0.1, 0.15) is 16.9 Å². The molecular formula is C17H12BrNO2. The number of nitrogens with two attached hydrogens (primary N) is 1. The molecule has 1 atom stereocenters. The summed E-state index contributed by atoms with van der Waals surface area (Å²) in [5, 5.41) is 2.17. The molecule has 0 saturated carbocycles. The van der Waals surface area contributed by atoms with Gasteiger partial charge in [0.05, 0.1) is 6.04 Å². The van der Waals surface area contributed by atoms with E-state index < -0.39 is 0 Å². The lowest BCUT2D eigenvalue weighted by atomic mass is 10.0. The predicted octanol–water partition coefficient (Wildman–Crippen LogP) is 4.99. The SMILES string of the molecule is NC(c1ccc2oc3ccccc3c2c1)c1ccc(Br)o1. The average molecular weight is 342 g/mol. The molecule has 0 fully saturated rings. The Balaban J connectivity index is 1.88. The average Bonchev–Trinajstić information content (AvgIpc) is 3.09. The minimum absolute atomic E-state index is 0.297. The van der Waals surface area contributed by atoms with Crippen LogP contribution in [0.4, 0.5) is 0 Å². The zero-order valence-electron chi connectivity index (χ0n) is 11.0. The number of furan rings is 2. The molecule has 2 aromatic heterocycles. The van der Waals surface area contributed by atoms with Crippen molar-refractivity contribution < 1.29 is 8.83 Å². The molecule has 4 aromatic rings. The van der Waals surface area contributed by atoms with Crippen molar-refractivity contribution in [1.29, 1.82) is 0 Å². The number of hydrogen-bond donors (Lipinski definition) is 1. The zero-order chi connectivity index (χ0) is 14.4. The molecule has 21 heavy (non-hydrogen) atoms. The number of rotatable bonds is 2. The van der Waals surface area contributed by atoms with E-state index in [-0.39, 0.29) is 6.04 Å². The Kier molecular flexibility index (Phi) is 2.87. The van der Waals surface area contributed by atoms with Crippen molar-refractivity contribution >= 4 is 37.9 Å². The van der Waals surface area contributed by atoms with Crippen LogP contribution in [0.2, 0.25) is 0 Å². The third-order valence-corrected chi connectivity index (χ3v) is 4.09. The van der Waals surface area contributed by atoms with E-state index in [1.165, 1.54) is 0 Å². The first kappa shape index (κ1) is 12.7. The molecule has 0 amide bonds. The normalized spacial score (nSPS) is 13.0. The third-order valence-electron chi connectivity index (χ3n) is 3.66. The molecule has 0 bridgehead atoms. The molecule has 0 aliphatic rings. The van der Waals surface area contributed by atoms with Gasteiger partial charge < -0.3 is 14.6 Å².